The van der Waals surface area contributed by atoms with Crippen LogP contribution in [0.4, 0.5) is 5.95 Å². The smallest absolute Gasteiger partial charge is 0.225 e. The first kappa shape index (κ1) is 13.9. The van der Waals surface area contributed by atoms with Crippen LogP contribution in [0, 0.1) is 6.92 Å². The largest absolute Gasteiger partial charge is 0.385 e. The van der Waals surface area contributed by atoms with Gasteiger partial charge >= 0.3 is 0 Å². The number of anilines is 1. The molecule has 0 amide bonds. The van der Waals surface area contributed by atoms with Crippen LogP contribution in [-0.2, 0) is 11.3 Å². The Hall–Kier alpha value is -1.20. The van der Waals surface area contributed by atoms with Crippen molar-refractivity contribution in [2.45, 2.75) is 19.9 Å². The monoisotopic (exact) mass is 238 g/mol. The Labute approximate surface area is 103 Å². The maximum Gasteiger partial charge on any atom is 0.225 e. The van der Waals surface area contributed by atoms with Crippen molar-refractivity contribution in [3.05, 3.63) is 17.5 Å². The molecule has 0 atom stereocenters. The van der Waals surface area contributed by atoms with E-state index in [-0.39, 0.29) is 0 Å². The molecule has 0 aromatic carbocycles. The van der Waals surface area contributed by atoms with Gasteiger partial charge in [-0.3, -0.25) is 0 Å². The third-order valence-electron chi connectivity index (χ3n) is 2.44. The highest BCUT2D eigenvalue weighted by molar-refractivity contribution is 5.31. The molecular weight excluding hydrogens is 216 g/mol. The minimum Gasteiger partial charge on any atom is -0.385 e. The van der Waals surface area contributed by atoms with Crippen molar-refractivity contribution in [3.63, 3.8) is 0 Å². The molecule has 96 valence electrons. The van der Waals surface area contributed by atoms with Crippen LogP contribution in [0.2, 0.25) is 0 Å². The number of ether oxygens (including phenoxy) is 1. The topological polar surface area (TPSA) is 50.3 Å². The quantitative estimate of drug-likeness (QED) is 0.718. The molecule has 0 radical (unpaired) electrons. The Morgan fingerprint density at radius 1 is 1.41 bits per heavy atom. The summed E-state index contributed by atoms with van der Waals surface area (Å²) in [5.74, 6) is 0.784. The molecule has 0 aliphatic heterocycles. The van der Waals surface area contributed by atoms with E-state index >= 15 is 0 Å². The summed E-state index contributed by atoms with van der Waals surface area (Å²) in [5.41, 5.74) is 2.02. The first-order valence-electron chi connectivity index (χ1n) is 5.86. The normalized spacial score (nSPS) is 10.6. The lowest BCUT2D eigenvalue weighted by molar-refractivity contribution is 0.196. The number of nitrogens with zero attached hydrogens (tertiary/aromatic N) is 3. The summed E-state index contributed by atoms with van der Waals surface area (Å²) in [5, 5.41) is 3.10. The van der Waals surface area contributed by atoms with Gasteiger partial charge in [-0.15, -0.1) is 0 Å². The van der Waals surface area contributed by atoms with Crippen LogP contribution >= 0.6 is 0 Å². The van der Waals surface area contributed by atoms with E-state index in [1.807, 2.05) is 27.1 Å². The number of rotatable bonds is 7. The third-order valence-corrected chi connectivity index (χ3v) is 2.44. The van der Waals surface area contributed by atoms with Crippen molar-refractivity contribution < 1.29 is 4.74 Å². The van der Waals surface area contributed by atoms with Gasteiger partial charge in [0.2, 0.25) is 5.95 Å². The second-order valence-electron chi connectivity index (χ2n) is 4.10. The molecule has 0 unspecified atom stereocenters. The number of aryl methyl sites for hydroxylation is 1. The Morgan fingerprint density at radius 2 is 2.18 bits per heavy atom. The van der Waals surface area contributed by atoms with Gasteiger partial charge in [0, 0.05) is 39.5 Å². The fraction of sp³-hybridized carbons (Fsp3) is 0.667. The molecular formula is C12H22N4O. The fourth-order valence-corrected chi connectivity index (χ4v) is 1.61. The van der Waals surface area contributed by atoms with Gasteiger partial charge < -0.3 is 15.0 Å². The van der Waals surface area contributed by atoms with Crippen LogP contribution in [-0.4, -0.2) is 44.3 Å². The molecule has 1 heterocycles. The van der Waals surface area contributed by atoms with Crippen molar-refractivity contribution >= 4 is 5.95 Å². The molecule has 0 spiro atoms. The number of methoxy groups -OCH3 is 1. The number of hydrogen-bond acceptors (Lipinski definition) is 5. The highest BCUT2D eigenvalue weighted by Crippen LogP contribution is 2.09. The van der Waals surface area contributed by atoms with Gasteiger partial charge in [-0.25, -0.2) is 9.97 Å². The summed E-state index contributed by atoms with van der Waals surface area (Å²) in [7, 11) is 5.64. The van der Waals surface area contributed by atoms with Gasteiger partial charge in [0.25, 0.3) is 0 Å². The van der Waals surface area contributed by atoms with E-state index in [1.54, 1.807) is 7.11 Å². The summed E-state index contributed by atoms with van der Waals surface area (Å²) >= 11 is 0. The van der Waals surface area contributed by atoms with Crippen molar-refractivity contribution in [3.8, 4) is 0 Å². The lowest BCUT2D eigenvalue weighted by Crippen LogP contribution is -2.23. The maximum atomic E-state index is 5.04. The van der Waals surface area contributed by atoms with E-state index < -0.39 is 0 Å². The average molecular weight is 238 g/mol. The van der Waals surface area contributed by atoms with Crippen LogP contribution in [0.15, 0.2) is 6.07 Å². The summed E-state index contributed by atoms with van der Waals surface area (Å²) in [6.07, 6.45) is 0.978. The van der Waals surface area contributed by atoms with Crippen molar-refractivity contribution in [1.82, 2.24) is 15.3 Å². The fourth-order valence-electron chi connectivity index (χ4n) is 1.61. The summed E-state index contributed by atoms with van der Waals surface area (Å²) in [4.78, 5) is 11.0. The summed E-state index contributed by atoms with van der Waals surface area (Å²) < 4.78 is 5.04. The van der Waals surface area contributed by atoms with Crippen LogP contribution < -0.4 is 10.2 Å². The van der Waals surface area contributed by atoms with Gasteiger partial charge in [-0.1, -0.05) is 0 Å². The predicted octanol–water partition coefficient (Wildman–Crippen LogP) is 0.977. The molecule has 0 fully saturated rings. The second kappa shape index (κ2) is 7.19. The average Bonchev–Trinajstić information content (AvgIpc) is 2.29. The van der Waals surface area contributed by atoms with E-state index in [0.717, 1.165) is 43.5 Å². The van der Waals surface area contributed by atoms with Crippen molar-refractivity contribution in [1.29, 1.82) is 0 Å². The standard InChI is InChI=1S/C12H22N4O/c1-10-8-11(9-13-2)15-12(14-10)16(3)6-5-7-17-4/h8,13H,5-7,9H2,1-4H3. The summed E-state index contributed by atoms with van der Waals surface area (Å²) in [6, 6.07) is 2.00. The van der Waals surface area contributed by atoms with Crippen molar-refractivity contribution in [2.24, 2.45) is 0 Å². The lowest BCUT2D eigenvalue weighted by Gasteiger charge is -2.18. The van der Waals surface area contributed by atoms with Gasteiger partial charge in [-0.05, 0) is 26.5 Å². The molecule has 1 aromatic heterocycles. The van der Waals surface area contributed by atoms with E-state index in [2.05, 4.69) is 20.2 Å². The minimum absolute atomic E-state index is 0.763. The highest BCUT2D eigenvalue weighted by Gasteiger charge is 2.06. The van der Waals surface area contributed by atoms with E-state index in [4.69, 9.17) is 4.74 Å². The second-order valence-corrected chi connectivity index (χ2v) is 4.10. The minimum atomic E-state index is 0.763. The molecule has 0 aliphatic rings. The van der Waals surface area contributed by atoms with E-state index in [9.17, 15) is 0 Å². The van der Waals surface area contributed by atoms with Gasteiger partial charge in [0.15, 0.2) is 0 Å². The zero-order valence-corrected chi connectivity index (χ0v) is 11.2. The van der Waals surface area contributed by atoms with Crippen LogP contribution in [0.5, 0.6) is 0 Å². The molecule has 17 heavy (non-hydrogen) atoms. The lowest BCUT2D eigenvalue weighted by atomic mass is 10.3. The Morgan fingerprint density at radius 3 is 2.82 bits per heavy atom. The van der Waals surface area contributed by atoms with Crippen LogP contribution in [0.3, 0.4) is 0 Å². The maximum absolute atomic E-state index is 5.04. The zero-order chi connectivity index (χ0) is 12.7. The molecule has 0 saturated heterocycles. The Balaban J connectivity index is 2.67. The number of hydrogen-bond donors (Lipinski definition) is 1. The molecule has 0 saturated carbocycles. The SMILES string of the molecule is CNCc1cc(C)nc(N(C)CCCOC)n1. The molecule has 1 rings (SSSR count). The van der Waals surface area contributed by atoms with Crippen LogP contribution in [0.25, 0.3) is 0 Å². The first-order chi connectivity index (χ1) is 8.17. The zero-order valence-electron chi connectivity index (χ0n) is 11.2. The molecule has 5 nitrogen and oxygen atoms in total. The Kier molecular flexibility index (Phi) is 5.86. The molecule has 0 aliphatic carbocycles. The predicted molar refractivity (Wildman–Crippen MR) is 69.3 cm³/mol. The highest BCUT2D eigenvalue weighted by atomic mass is 16.5. The molecule has 1 N–H and O–H groups in total. The number of nitrogens with one attached hydrogen (secondary N) is 1. The molecule has 0 bridgehead atoms. The summed E-state index contributed by atoms with van der Waals surface area (Å²) in [6.45, 7) is 4.42. The molecule has 1 aromatic rings. The van der Waals surface area contributed by atoms with E-state index in [1.165, 1.54) is 0 Å². The van der Waals surface area contributed by atoms with Gasteiger partial charge in [0.1, 0.15) is 0 Å². The Bertz CT molecular complexity index is 343. The van der Waals surface area contributed by atoms with Gasteiger partial charge in [-0.2, -0.15) is 0 Å². The third kappa shape index (κ3) is 4.66. The van der Waals surface area contributed by atoms with Crippen molar-refractivity contribution in [2.75, 3.05) is 39.3 Å². The van der Waals surface area contributed by atoms with Gasteiger partial charge in [0.05, 0.1) is 5.69 Å². The van der Waals surface area contributed by atoms with Crippen LogP contribution in [0.1, 0.15) is 17.8 Å². The molecule has 5 heteroatoms. The first-order valence-corrected chi connectivity index (χ1v) is 5.86. The van der Waals surface area contributed by atoms with E-state index in [0.29, 0.717) is 0 Å². The number of aromatic nitrogens is 2.